The van der Waals surface area contributed by atoms with Gasteiger partial charge < -0.3 is 14.2 Å². The second kappa shape index (κ2) is 6.64. The predicted molar refractivity (Wildman–Crippen MR) is 80.9 cm³/mol. The molecular formula is C16H18F2N4O2. The molecule has 0 unspecified atom stereocenters. The zero-order chi connectivity index (χ0) is 17.3. The lowest BCUT2D eigenvalue weighted by molar-refractivity contribution is -0.132. The molecule has 2 heterocycles. The number of likely N-dealkylation sites (tertiary alicyclic amines) is 1. The summed E-state index contributed by atoms with van der Waals surface area (Å²) in [4.78, 5) is 14.3. The number of ether oxygens (including phenoxy) is 1. The van der Waals surface area contributed by atoms with Gasteiger partial charge in [-0.1, -0.05) is 6.07 Å². The molecule has 0 saturated carbocycles. The van der Waals surface area contributed by atoms with Gasteiger partial charge in [0.05, 0.1) is 18.6 Å². The summed E-state index contributed by atoms with van der Waals surface area (Å²) in [6.45, 7) is 0.398. The third-order valence-corrected chi connectivity index (χ3v) is 4.32. The maximum atomic E-state index is 13.8. The molecule has 2 atom stereocenters. The summed E-state index contributed by atoms with van der Waals surface area (Å²) in [5, 5.41) is 7.93. The molecule has 0 N–H and O–H groups in total. The number of halogens is 2. The van der Waals surface area contributed by atoms with E-state index in [1.165, 1.54) is 6.07 Å². The summed E-state index contributed by atoms with van der Waals surface area (Å²) in [6, 6.07) is 2.95. The Kier molecular flexibility index (Phi) is 4.57. The van der Waals surface area contributed by atoms with Crippen LogP contribution >= 0.6 is 0 Å². The van der Waals surface area contributed by atoms with Crippen molar-refractivity contribution in [1.29, 1.82) is 0 Å². The second-order valence-corrected chi connectivity index (χ2v) is 5.87. The molecule has 1 fully saturated rings. The van der Waals surface area contributed by atoms with E-state index >= 15 is 0 Å². The monoisotopic (exact) mass is 336 g/mol. The molecule has 2 aromatic rings. The summed E-state index contributed by atoms with van der Waals surface area (Å²) in [5.74, 6) is -0.988. The van der Waals surface area contributed by atoms with E-state index in [9.17, 15) is 13.6 Å². The summed E-state index contributed by atoms with van der Waals surface area (Å²) in [7, 11) is 3.39. The first-order valence-corrected chi connectivity index (χ1v) is 7.59. The summed E-state index contributed by atoms with van der Waals surface area (Å²) < 4.78 is 33.9. The molecule has 0 spiro atoms. The van der Waals surface area contributed by atoms with Gasteiger partial charge in [0.25, 0.3) is 0 Å². The molecule has 0 aliphatic carbocycles. The van der Waals surface area contributed by atoms with Crippen LogP contribution in [0.5, 0.6) is 0 Å². The van der Waals surface area contributed by atoms with Crippen LogP contribution < -0.4 is 0 Å². The third kappa shape index (κ3) is 3.14. The normalized spacial score (nSPS) is 20.6. The Hall–Kier alpha value is -2.35. The number of methoxy groups -OCH3 is 1. The number of hydrogen-bond donors (Lipinski definition) is 0. The summed E-state index contributed by atoms with van der Waals surface area (Å²) >= 11 is 0. The number of aryl methyl sites for hydroxylation is 1. The lowest BCUT2D eigenvalue weighted by Gasteiger charge is -2.23. The minimum atomic E-state index is -0.721. The highest BCUT2D eigenvalue weighted by Crippen LogP contribution is 2.32. The molecule has 0 radical (unpaired) electrons. The summed E-state index contributed by atoms with van der Waals surface area (Å²) in [5.41, 5.74) is 0.166. The van der Waals surface area contributed by atoms with Crippen LogP contribution in [0.3, 0.4) is 0 Å². The highest BCUT2D eigenvalue weighted by molar-refractivity contribution is 5.79. The molecule has 1 aliphatic heterocycles. The van der Waals surface area contributed by atoms with Crippen molar-refractivity contribution in [3.8, 4) is 0 Å². The van der Waals surface area contributed by atoms with Crippen LogP contribution in [-0.4, -0.2) is 45.3 Å². The number of rotatable bonds is 4. The van der Waals surface area contributed by atoms with Crippen molar-refractivity contribution < 1.29 is 18.3 Å². The van der Waals surface area contributed by atoms with Crippen LogP contribution in [0.25, 0.3) is 0 Å². The number of carbonyl (C=O) groups is 1. The van der Waals surface area contributed by atoms with Gasteiger partial charge in [-0.05, 0) is 11.6 Å². The standard InChI is InChI=1S/C16H18F2N4O2/c1-21-9-19-20-16(21)14-7-12(24-2)8-22(14)15(23)5-10-3-4-11(17)6-13(10)18/h3-4,6,9,12,14H,5,7-8H2,1-2H3/t12-,14+/m1/s1. The third-order valence-electron chi connectivity index (χ3n) is 4.32. The molecule has 24 heavy (non-hydrogen) atoms. The van der Waals surface area contributed by atoms with E-state index in [0.29, 0.717) is 18.8 Å². The van der Waals surface area contributed by atoms with Gasteiger partial charge in [0.2, 0.25) is 5.91 Å². The van der Waals surface area contributed by atoms with E-state index in [4.69, 9.17) is 4.74 Å². The van der Waals surface area contributed by atoms with E-state index in [0.717, 1.165) is 12.1 Å². The molecule has 128 valence electrons. The van der Waals surface area contributed by atoms with Gasteiger partial charge in [-0.25, -0.2) is 8.78 Å². The van der Waals surface area contributed by atoms with Gasteiger partial charge in [-0.15, -0.1) is 10.2 Å². The van der Waals surface area contributed by atoms with E-state index < -0.39 is 11.6 Å². The van der Waals surface area contributed by atoms with Crippen molar-refractivity contribution in [3.63, 3.8) is 0 Å². The van der Waals surface area contributed by atoms with Crippen molar-refractivity contribution in [2.24, 2.45) is 7.05 Å². The van der Waals surface area contributed by atoms with Crippen LogP contribution in [0.1, 0.15) is 23.9 Å². The fraction of sp³-hybridized carbons (Fsp3) is 0.438. The quantitative estimate of drug-likeness (QED) is 0.851. The first-order valence-electron chi connectivity index (χ1n) is 7.59. The van der Waals surface area contributed by atoms with Gasteiger partial charge in [0.15, 0.2) is 5.82 Å². The Bertz CT molecular complexity index is 749. The Morgan fingerprint density at radius 3 is 2.83 bits per heavy atom. The largest absolute Gasteiger partial charge is 0.380 e. The average Bonchev–Trinajstić information content (AvgIpc) is 3.15. The first-order chi connectivity index (χ1) is 11.5. The number of hydrogen-bond acceptors (Lipinski definition) is 4. The molecule has 1 saturated heterocycles. The summed E-state index contributed by atoms with van der Waals surface area (Å²) in [6.07, 6.45) is 1.91. The van der Waals surface area contributed by atoms with Crippen molar-refractivity contribution in [2.45, 2.75) is 25.0 Å². The number of nitrogens with zero attached hydrogens (tertiary/aromatic N) is 4. The smallest absolute Gasteiger partial charge is 0.227 e. The average molecular weight is 336 g/mol. The number of benzene rings is 1. The van der Waals surface area contributed by atoms with E-state index in [1.807, 2.05) is 0 Å². The van der Waals surface area contributed by atoms with Crippen LogP contribution in [0.2, 0.25) is 0 Å². The molecule has 6 nitrogen and oxygen atoms in total. The van der Waals surface area contributed by atoms with Gasteiger partial charge in [0.1, 0.15) is 18.0 Å². The molecule has 0 bridgehead atoms. The molecule has 1 amide bonds. The first kappa shape index (κ1) is 16.5. The minimum absolute atomic E-state index is 0.117. The number of amides is 1. The predicted octanol–water partition coefficient (Wildman–Crippen LogP) is 1.62. The van der Waals surface area contributed by atoms with Crippen molar-refractivity contribution in [2.75, 3.05) is 13.7 Å². The van der Waals surface area contributed by atoms with E-state index in [2.05, 4.69) is 10.2 Å². The van der Waals surface area contributed by atoms with Gasteiger partial charge in [0, 0.05) is 33.2 Å². The van der Waals surface area contributed by atoms with Crippen LogP contribution in [0.15, 0.2) is 24.5 Å². The second-order valence-electron chi connectivity index (χ2n) is 5.87. The maximum absolute atomic E-state index is 13.8. The van der Waals surface area contributed by atoms with Gasteiger partial charge >= 0.3 is 0 Å². The maximum Gasteiger partial charge on any atom is 0.227 e. The number of aromatic nitrogens is 3. The molecule has 1 aromatic carbocycles. The molecule has 8 heteroatoms. The minimum Gasteiger partial charge on any atom is -0.380 e. The zero-order valence-electron chi connectivity index (χ0n) is 13.4. The van der Waals surface area contributed by atoms with Gasteiger partial charge in [-0.3, -0.25) is 4.79 Å². The Morgan fingerprint density at radius 1 is 1.42 bits per heavy atom. The fourth-order valence-electron chi connectivity index (χ4n) is 3.01. The van der Waals surface area contributed by atoms with Crippen molar-refractivity contribution in [1.82, 2.24) is 19.7 Å². The lowest BCUT2D eigenvalue weighted by atomic mass is 10.1. The topological polar surface area (TPSA) is 60.3 Å². The Balaban J connectivity index is 1.82. The lowest BCUT2D eigenvalue weighted by Crippen LogP contribution is -2.34. The van der Waals surface area contributed by atoms with Crippen molar-refractivity contribution >= 4 is 5.91 Å². The van der Waals surface area contributed by atoms with Crippen LogP contribution in [-0.2, 0) is 23.0 Å². The Morgan fingerprint density at radius 2 is 2.21 bits per heavy atom. The van der Waals surface area contributed by atoms with Crippen LogP contribution in [0, 0.1) is 11.6 Å². The number of carbonyl (C=O) groups excluding carboxylic acids is 1. The van der Waals surface area contributed by atoms with Crippen molar-refractivity contribution in [3.05, 3.63) is 47.5 Å². The molecular weight excluding hydrogens is 318 g/mol. The van der Waals surface area contributed by atoms with Gasteiger partial charge in [-0.2, -0.15) is 0 Å². The highest BCUT2D eigenvalue weighted by atomic mass is 19.1. The molecule has 1 aliphatic rings. The van der Waals surface area contributed by atoms with Crippen LogP contribution in [0.4, 0.5) is 8.78 Å². The molecule has 3 rings (SSSR count). The van der Waals surface area contributed by atoms with E-state index in [-0.39, 0.29) is 30.0 Å². The fourth-order valence-corrected chi connectivity index (χ4v) is 3.01. The zero-order valence-corrected chi connectivity index (χ0v) is 13.4. The molecule has 1 aromatic heterocycles. The van der Waals surface area contributed by atoms with E-state index in [1.54, 1.807) is 30.0 Å². The Labute approximate surface area is 138 Å². The SMILES string of the molecule is CO[C@@H]1C[C@@H](c2nncn2C)N(C(=O)Cc2ccc(F)cc2F)C1. The highest BCUT2D eigenvalue weighted by Gasteiger charge is 2.38.